The molecule has 0 aliphatic rings. The van der Waals surface area contributed by atoms with E-state index in [1.54, 1.807) is 12.1 Å². The Hall–Kier alpha value is -1.39. The SMILES string of the molecule is Cc1ccc(-c2cc(C(=O)O)sn2)cc1Cl. The molecule has 0 atom stereocenters. The fourth-order valence-corrected chi connectivity index (χ4v) is 2.04. The van der Waals surface area contributed by atoms with Crippen LogP contribution in [0, 0.1) is 6.92 Å². The van der Waals surface area contributed by atoms with Crippen molar-refractivity contribution < 1.29 is 9.90 Å². The number of aromatic nitrogens is 1. The van der Waals surface area contributed by atoms with Crippen molar-refractivity contribution in [2.45, 2.75) is 6.92 Å². The van der Waals surface area contributed by atoms with Gasteiger partial charge in [-0.25, -0.2) is 4.79 Å². The van der Waals surface area contributed by atoms with Crippen LogP contribution in [0.5, 0.6) is 0 Å². The molecule has 0 amide bonds. The highest BCUT2D eigenvalue weighted by Gasteiger charge is 2.10. The van der Waals surface area contributed by atoms with Crippen molar-refractivity contribution >= 4 is 29.1 Å². The number of carboxylic acids is 1. The highest BCUT2D eigenvalue weighted by Crippen LogP contribution is 2.26. The van der Waals surface area contributed by atoms with Crippen LogP contribution in [0.2, 0.25) is 5.02 Å². The van der Waals surface area contributed by atoms with Crippen LogP contribution >= 0.6 is 23.1 Å². The Morgan fingerprint density at radius 1 is 1.44 bits per heavy atom. The lowest BCUT2D eigenvalue weighted by Crippen LogP contribution is -1.90. The van der Waals surface area contributed by atoms with Gasteiger partial charge in [-0.15, -0.1) is 0 Å². The lowest BCUT2D eigenvalue weighted by molar-refractivity contribution is 0.0702. The average molecular weight is 254 g/mol. The summed E-state index contributed by atoms with van der Waals surface area (Å²) in [7, 11) is 0. The zero-order chi connectivity index (χ0) is 11.7. The lowest BCUT2D eigenvalue weighted by Gasteiger charge is -2.00. The second-order valence-corrected chi connectivity index (χ2v) is 4.56. The van der Waals surface area contributed by atoms with Crippen molar-refractivity contribution in [1.82, 2.24) is 4.37 Å². The summed E-state index contributed by atoms with van der Waals surface area (Å²) in [5, 5.41) is 9.44. The maximum Gasteiger partial charge on any atom is 0.347 e. The van der Waals surface area contributed by atoms with Crippen LogP contribution in [0.3, 0.4) is 0 Å². The fourth-order valence-electron chi connectivity index (χ4n) is 1.26. The van der Waals surface area contributed by atoms with E-state index in [9.17, 15) is 4.79 Å². The number of aryl methyl sites for hydroxylation is 1. The van der Waals surface area contributed by atoms with Gasteiger partial charge in [-0.2, -0.15) is 4.37 Å². The molecule has 0 aliphatic carbocycles. The van der Waals surface area contributed by atoms with Crippen LogP contribution in [-0.4, -0.2) is 15.4 Å². The molecular formula is C11H8ClNO2S. The quantitative estimate of drug-likeness (QED) is 0.892. The molecule has 1 N–H and O–H groups in total. The molecule has 3 nitrogen and oxygen atoms in total. The van der Waals surface area contributed by atoms with Crippen molar-refractivity contribution in [2.75, 3.05) is 0 Å². The highest BCUT2D eigenvalue weighted by atomic mass is 35.5. The number of aromatic carboxylic acids is 1. The minimum atomic E-state index is -0.957. The van der Waals surface area contributed by atoms with Crippen molar-refractivity contribution in [2.24, 2.45) is 0 Å². The zero-order valence-electron chi connectivity index (χ0n) is 8.40. The smallest absolute Gasteiger partial charge is 0.347 e. The van der Waals surface area contributed by atoms with Gasteiger partial charge in [0.2, 0.25) is 0 Å². The molecule has 2 rings (SSSR count). The van der Waals surface area contributed by atoms with E-state index in [2.05, 4.69) is 4.37 Å². The normalized spacial score (nSPS) is 10.4. The summed E-state index contributed by atoms with van der Waals surface area (Å²) in [6, 6.07) is 7.10. The first-order valence-corrected chi connectivity index (χ1v) is 5.69. The molecule has 1 heterocycles. The van der Waals surface area contributed by atoms with E-state index < -0.39 is 5.97 Å². The van der Waals surface area contributed by atoms with Crippen LogP contribution in [-0.2, 0) is 0 Å². The number of benzene rings is 1. The molecular weight excluding hydrogens is 246 g/mol. The summed E-state index contributed by atoms with van der Waals surface area (Å²) >= 11 is 6.96. The standard InChI is InChI=1S/C11H8ClNO2S/c1-6-2-3-7(4-8(6)12)9-5-10(11(14)15)16-13-9/h2-5H,1H3,(H,14,15). The number of carboxylic acid groups (broad SMARTS) is 1. The van der Waals surface area contributed by atoms with E-state index >= 15 is 0 Å². The van der Waals surface area contributed by atoms with Gasteiger partial charge in [-0.05, 0) is 36.2 Å². The first kappa shape index (κ1) is 11.1. The van der Waals surface area contributed by atoms with Gasteiger partial charge in [-0.1, -0.05) is 23.7 Å². The molecule has 0 spiro atoms. The summed E-state index contributed by atoms with van der Waals surface area (Å²) in [6.07, 6.45) is 0. The van der Waals surface area contributed by atoms with Crippen molar-refractivity contribution in [3.63, 3.8) is 0 Å². The Bertz CT molecular complexity index is 551. The molecule has 1 aromatic heterocycles. The van der Waals surface area contributed by atoms with E-state index in [1.807, 2.05) is 19.1 Å². The summed E-state index contributed by atoms with van der Waals surface area (Å²) in [5.74, 6) is -0.957. The topological polar surface area (TPSA) is 50.2 Å². The Morgan fingerprint density at radius 3 is 2.75 bits per heavy atom. The number of nitrogens with zero attached hydrogens (tertiary/aromatic N) is 1. The first-order chi connectivity index (χ1) is 7.58. The maximum atomic E-state index is 10.7. The van der Waals surface area contributed by atoms with Gasteiger partial charge < -0.3 is 5.11 Å². The van der Waals surface area contributed by atoms with E-state index in [0.29, 0.717) is 10.7 Å². The van der Waals surface area contributed by atoms with Gasteiger partial charge in [0.15, 0.2) is 0 Å². The first-order valence-electron chi connectivity index (χ1n) is 4.54. The fraction of sp³-hybridized carbons (Fsp3) is 0.0909. The van der Waals surface area contributed by atoms with Gasteiger partial charge >= 0.3 is 5.97 Å². The molecule has 16 heavy (non-hydrogen) atoms. The van der Waals surface area contributed by atoms with E-state index in [1.165, 1.54) is 0 Å². The van der Waals surface area contributed by atoms with Gasteiger partial charge in [0, 0.05) is 10.6 Å². The predicted octanol–water partition coefficient (Wildman–Crippen LogP) is 3.47. The molecule has 82 valence electrons. The number of halogens is 1. The molecule has 0 saturated heterocycles. The van der Waals surface area contributed by atoms with Gasteiger partial charge in [0.05, 0.1) is 5.69 Å². The minimum absolute atomic E-state index is 0.228. The molecule has 0 unspecified atom stereocenters. The van der Waals surface area contributed by atoms with Crippen LogP contribution in [0.25, 0.3) is 11.3 Å². The molecule has 2 aromatic rings. The Balaban J connectivity index is 2.42. The third kappa shape index (κ3) is 2.08. The third-order valence-electron chi connectivity index (χ3n) is 2.19. The van der Waals surface area contributed by atoms with Crippen molar-refractivity contribution in [3.05, 3.63) is 39.7 Å². The van der Waals surface area contributed by atoms with Gasteiger partial charge in [-0.3, -0.25) is 0 Å². The van der Waals surface area contributed by atoms with E-state index in [0.717, 1.165) is 22.7 Å². The largest absolute Gasteiger partial charge is 0.477 e. The molecule has 1 aromatic carbocycles. The van der Waals surface area contributed by atoms with Crippen molar-refractivity contribution in [3.8, 4) is 11.3 Å². The second kappa shape index (κ2) is 4.23. The van der Waals surface area contributed by atoms with Gasteiger partial charge in [0.1, 0.15) is 4.88 Å². The summed E-state index contributed by atoms with van der Waals surface area (Å²) in [6.45, 7) is 1.91. The second-order valence-electron chi connectivity index (χ2n) is 3.35. The third-order valence-corrected chi connectivity index (χ3v) is 3.37. The Labute approximate surface area is 101 Å². The predicted molar refractivity (Wildman–Crippen MR) is 64.3 cm³/mol. The summed E-state index contributed by atoms with van der Waals surface area (Å²) in [4.78, 5) is 10.9. The lowest BCUT2D eigenvalue weighted by atomic mass is 10.1. The summed E-state index contributed by atoms with van der Waals surface area (Å²) < 4.78 is 4.08. The number of hydrogen-bond donors (Lipinski definition) is 1. The van der Waals surface area contributed by atoms with Crippen LogP contribution < -0.4 is 0 Å². The molecule has 0 fully saturated rings. The number of carbonyl (C=O) groups is 1. The van der Waals surface area contributed by atoms with Crippen LogP contribution in [0.1, 0.15) is 15.2 Å². The van der Waals surface area contributed by atoms with E-state index in [-0.39, 0.29) is 4.88 Å². The van der Waals surface area contributed by atoms with Gasteiger partial charge in [0.25, 0.3) is 0 Å². The molecule has 0 radical (unpaired) electrons. The molecule has 0 aliphatic heterocycles. The monoisotopic (exact) mass is 253 g/mol. The van der Waals surface area contributed by atoms with Crippen molar-refractivity contribution in [1.29, 1.82) is 0 Å². The van der Waals surface area contributed by atoms with Crippen LogP contribution in [0.4, 0.5) is 0 Å². The number of rotatable bonds is 2. The number of hydrogen-bond acceptors (Lipinski definition) is 3. The Morgan fingerprint density at radius 2 is 2.19 bits per heavy atom. The van der Waals surface area contributed by atoms with Crippen LogP contribution in [0.15, 0.2) is 24.3 Å². The summed E-state index contributed by atoms with van der Waals surface area (Å²) in [5.41, 5.74) is 2.46. The highest BCUT2D eigenvalue weighted by molar-refractivity contribution is 7.08. The zero-order valence-corrected chi connectivity index (χ0v) is 9.97. The average Bonchev–Trinajstić information content (AvgIpc) is 2.71. The van der Waals surface area contributed by atoms with E-state index in [4.69, 9.17) is 16.7 Å². The minimum Gasteiger partial charge on any atom is -0.477 e. The molecule has 0 bridgehead atoms. The maximum absolute atomic E-state index is 10.7. The molecule has 0 saturated carbocycles. The molecule has 5 heteroatoms. The Kier molecular flexibility index (Phi) is 2.94.